The molecule has 0 fully saturated rings. The number of nitrogens with zero attached hydrogens (tertiary/aromatic N) is 1. The number of H-pyrrole nitrogens is 2. The fourth-order valence-corrected chi connectivity index (χ4v) is 4.89. The van der Waals surface area contributed by atoms with Gasteiger partial charge < -0.3 is 10.2 Å². The monoisotopic (exact) mass is 442 g/mol. The van der Waals surface area contributed by atoms with Crippen LogP contribution in [-0.4, -0.2) is 22.3 Å². The van der Waals surface area contributed by atoms with Crippen LogP contribution in [0.4, 0.5) is 11.5 Å². The van der Waals surface area contributed by atoms with Gasteiger partial charge in [0.2, 0.25) is 0 Å². The molecule has 5 rings (SSSR count). The third-order valence-corrected chi connectivity index (χ3v) is 6.48. The molecule has 3 aromatic rings. The average molecular weight is 443 g/mol. The molecular formula is C26H26N4O3. The Hall–Kier alpha value is -3.87. The Morgan fingerprint density at radius 1 is 0.939 bits per heavy atom. The maximum atomic E-state index is 12.9. The van der Waals surface area contributed by atoms with Crippen LogP contribution in [0.15, 0.2) is 75.5 Å². The summed E-state index contributed by atoms with van der Waals surface area (Å²) in [5, 5.41) is 3.15. The van der Waals surface area contributed by atoms with E-state index in [1.807, 2.05) is 42.5 Å². The van der Waals surface area contributed by atoms with Crippen LogP contribution in [0.25, 0.3) is 0 Å². The van der Waals surface area contributed by atoms with E-state index in [1.54, 1.807) is 0 Å². The number of carbonyl (C=O) groups excluding carboxylic acids is 1. The van der Waals surface area contributed by atoms with E-state index in [1.165, 1.54) is 5.56 Å². The van der Waals surface area contributed by atoms with E-state index in [0.717, 1.165) is 36.5 Å². The van der Waals surface area contributed by atoms with E-state index in [0.29, 0.717) is 29.8 Å². The van der Waals surface area contributed by atoms with Gasteiger partial charge in [-0.1, -0.05) is 42.5 Å². The number of anilines is 2. The highest BCUT2D eigenvalue weighted by atomic mass is 16.2. The minimum atomic E-state index is -0.564. The minimum absolute atomic E-state index is 0.0494. The van der Waals surface area contributed by atoms with Gasteiger partial charge in [0.15, 0.2) is 5.78 Å². The summed E-state index contributed by atoms with van der Waals surface area (Å²) in [6.45, 7) is 3.76. The van der Waals surface area contributed by atoms with Gasteiger partial charge >= 0.3 is 5.69 Å². The fraction of sp³-hybridized carbons (Fsp3) is 0.269. The molecule has 3 N–H and O–H groups in total. The lowest BCUT2D eigenvalue weighted by atomic mass is 9.76. The van der Waals surface area contributed by atoms with Crippen LogP contribution in [0.3, 0.4) is 0 Å². The largest absolute Gasteiger partial charge is 0.367 e. The van der Waals surface area contributed by atoms with Crippen molar-refractivity contribution in [2.45, 2.75) is 38.6 Å². The number of nitrogens with one attached hydrogen (secondary N) is 3. The second-order valence-corrected chi connectivity index (χ2v) is 8.52. The predicted molar refractivity (Wildman–Crippen MR) is 129 cm³/mol. The van der Waals surface area contributed by atoms with E-state index in [2.05, 4.69) is 39.2 Å². The van der Waals surface area contributed by atoms with Crippen LogP contribution < -0.4 is 21.5 Å². The second-order valence-electron chi connectivity index (χ2n) is 8.52. The SMILES string of the molecule is CCN(Cc1ccccc1)c1ccc([C@@H]2C3=C(CCCC3=O)Nc3[nH]c(=O)[nH]c(=O)c32)cc1. The molecule has 0 unspecified atom stereocenters. The average Bonchev–Trinajstić information content (AvgIpc) is 2.82. The molecule has 2 heterocycles. The van der Waals surface area contributed by atoms with Crippen LogP contribution in [0, 0.1) is 0 Å². The van der Waals surface area contributed by atoms with E-state index in [9.17, 15) is 14.4 Å². The molecule has 33 heavy (non-hydrogen) atoms. The zero-order valence-electron chi connectivity index (χ0n) is 18.5. The van der Waals surface area contributed by atoms with Gasteiger partial charge in [-0.15, -0.1) is 0 Å². The van der Waals surface area contributed by atoms with Gasteiger partial charge in [-0.3, -0.25) is 19.6 Å². The van der Waals surface area contributed by atoms with E-state index >= 15 is 0 Å². The number of aromatic nitrogens is 2. The number of rotatable bonds is 5. The zero-order valence-corrected chi connectivity index (χ0v) is 18.5. The molecule has 0 radical (unpaired) electrons. The quantitative estimate of drug-likeness (QED) is 0.560. The Labute approximate surface area is 191 Å². The Morgan fingerprint density at radius 3 is 2.42 bits per heavy atom. The molecule has 1 aliphatic carbocycles. The van der Waals surface area contributed by atoms with Gasteiger partial charge in [-0.25, -0.2) is 4.79 Å². The minimum Gasteiger partial charge on any atom is -0.367 e. The summed E-state index contributed by atoms with van der Waals surface area (Å²) in [4.78, 5) is 45.0. The molecule has 0 saturated heterocycles. The van der Waals surface area contributed by atoms with Crippen LogP contribution in [0.5, 0.6) is 0 Å². The van der Waals surface area contributed by atoms with E-state index < -0.39 is 17.2 Å². The number of carbonyl (C=O) groups is 1. The highest BCUT2D eigenvalue weighted by Crippen LogP contribution is 2.43. The van der Waals surface area contributed by atoms with Crippen molar-refractivity contribution in [2.75, 3.05) is 16.8 Å². The summed E-state index contributed by atoms with van der Waals surface area (Å²) >= 11 is 0. The van der Waals surface area contributed by atoms with Gasteiger partial charge in [0.1, 0.15) is 5.82 Å². The van der Waals surface area contributed by atoms with Gasteiger partial charge in [0, 0.05) is 42.4 Å². The third-order valence-electron chi connectivity index (χ3n) is 6.48. The van der Waals surface area contributed by atoms with Crippen molar-refractivity contribution in [1.82, 2.24) is 9.97 Å². The number of aromatic amines is 2. The summed E-state index contributed by atoms with van der Waals surface area (Å²) in [5.74, 6) is -0.0817. The predicted octanol–water partition coefficient (Wildman–Crippen LogP) is 3.65. The first-order valence-corrected chi connectivity index (χ1v) is 11.3. The lowest BCUT2D eigenvalue weighted by Crippen LogP contribution is -2.36. The van der Waals surface area contributed by atoms with Crippen LogP contribution in [0.1, 0.15) is 48.8 Å². The molecule has 7 heteroatoms. The van der Waals surface area contributed by atoms with E-state index in [-0.39, 0.29) is 5.78 Å². The molecule has 1 atom stereocenters. The Kier molecular flexibility index (Phi) is 5.46. The lowest BCUT2D eigenvalue weighted by molar-refractivity contribution is -0.116. The summed E-state index contributed by atoms with van der Waals surface area (Å²) < 4.78 is 0. The number of hydrogen-bond donors (Lipinski definition) is 3. The van der Waals surface area contributed by atoms with Crippen molar-refractivity contribution < 1.29 is 4.79 Å². The van der Waals surface area contributed by atoms with Crippen molar-refractivity contribution in [3.63, 3.8) is 0 Å². The smallest absolute Gasteiger partial charge is 0.327 e. The van der Waals surface area contributed by atoms with Crippen LogP contribution in [-0.2, 0) is 11.3 Å². The van der Waals surface area contributed by atoms with Crippen molar-refractivity contribution in [3.05, 3.63) is 103 Å². The summed E-state index contributed by atoms with van der Waals surface area (Å²) in [6.07, 6.45) is 1.93. The van der Waals surface area contributed by atoms with Gasteiger partial charge in [0.25, 0.3) is 5.56 Å². The molecular weight excluding hydrogens is 416 g/mol. The maximum Gasteiger partial charge on any atom is 0.327 e. The van der Waals surface area contributed by atoms with Crippen molar-refractivity contribution in [3.8, 4) is 0 Å². The Bertz CT molecular complexity index is 1340. The summed E-state index contributed by atoms with van der Waals surface area (Å²) in [7, 11) is 0. The first kappa shape index (κ1) is 21.0. The standard InChI is InChI=1S/C26H26N4O3/c1-2-30(15-16-7-4-3-5-8-16)18-13-11-17(12-14-18)21-22-19(9-6-10-20(22)31)27-24-23(21)25(32)29-26(33)28-24/h3-5,7-8,11-14,21H,2,6,9-10,15H2,1H3,(H3,27,28,29,32,33)/t21-/m1/s1. The number of fused-ring (bicyclic) bond motifs is 1. The number of Topliss-reactive ketones (excluding diaryl/α,β-unsaturated/α-hetero) is 1. The molecule has 0 amide bonds. The number of hydrogen-bond acceptors (Lipinski definition) is 5. The molecule has 7 nitrogen and oxygen atoms in total. The first-order chi connectivity index (χ1) is 16.0. The fourth-order valence-electron chi connectivity index (χ4n) is 4.89. The Balaban J connectivity index is 1.55. The molecule has 0 bridgehead atoms. The number of benzene rings is 2. The molecule has 0 saturated carbocycles. The third kappa shape index (κ3) is 3.91. The van der Waals surface area contributed by atoms with Crippen molar-refractivity contribution >= 4 is 17.3 Å². The van der Waals surface area contributed by atoms with Gasteiger partial charge in [-0.2, -0.15) is 0 Å². The molecule has 1 aliphatic heterocycles. The molecule has 2 aliphatic rings. The van der Waals surface area contributed by atoms with Crippen LogP contribution >= 0.6 is 0 Å². The van der Waals surface area contributed by atoms with Gasteiger partial charge in [0.05, 0.1) is 5.56 Å². The first-order valence-electron chi connectivity index (χ1n) is 11.3. The van der Waals surface area contributed by atoms with Crippen molar-refractivity contribution in [2.24, 2.45) is 0 Å². The number of ketones is 1. The van der Waals surface area contributed by atoms with Crippen molar-refractivity contribution in [1.29, 1.82) is 0 Å². The van der Waals surface area contributed by atoms with Gasteiger partial charge in [-0.05, 0) is 43.0 Å². The highest BCUT2D eigenvalue weighted by Gasteiger charge is 2.37. The topological polar surface area (TPSA) is 98.1 Å². The molecule has 1 aromatic heterocycles. The lowest BCUT2D eigenvalue weighted by Gasteiger charge is -2.33. The molecule has 0 spiro atoms. The zero-order chi connectivity index (χ0) is 22.9. The summed E-state index contributed by atoms with van der Waals surface area (Å²) in [6, 6.07) is 18.4. The molecule has 168 valence electrons. The summed E-state index contributed by atoms with van der Waals surface area (Å²) in [5.41, 5.74) is 3.94. The van der Waals surface area contributed by atoms with Crippen LogP contribution in [0.2, 0.25) is 0 Å². The van der Waals surface area contributed by atoms with E-state index in [4.69, 9.17) is 0 Å². The highest BCUT2D eigenvalue weighted by molar-refractivity contribution is 6.00. The second kappa shape index (κ2) is 8.58. The maximum absolute atomic E-state index is 12.9. The number of allylic oxidation sites excluding steroid dienone is 2. The molecule has 2 aromatic carbocycles. The Morgan fingerprint density at radius 2 is 1.70 bits per heavy atom. The normalized spacial score (nSPS) is 17.2.